The number of ketones is 1. The molecular formula is C20H24ClNO3. The quantitative estimate of drug-likeness (QED) is 0.686. The third-order valence-electron chi connectivity index (χ3n) is 3.93. The van der Waals surface area contributed by atoms with E-state index in [0.29, 0.717) is 16.3 Å². The van der Waals surface area contributed by atoms with E-state index in [2.05, 4.69) is 12.2 Å². The van der Waals surface area contributed by atoms with Crippen molar-refractivity contribution in [3.05, 3.63) is 58.6 Å². The molecule has 2 aromatic carbocycles. The molecule has 0 aliphatic carbocycles. The number of rotatable bonds is 8. The Bertz CT molecular complexity index is 726. The SMILES string of the molecule is CCc1ccc(NC(C)(C)C(=O)c2ccc(OCCO)cc2)cc1Cl. The minimum absolute atomic E-state index is 0.0306. The summed E-state index contributed by atoms with van der Waals surface area (Å²) in [5, 5.41) is 12.7. The van der Waals surface area contributed by atoms with Crippen molar-refractivity contribution < 1.29 is 14.6 Å². The number of anilines is 1. The third-order valence-corrected chi connectivity index (χ3v) is 4.29. The van der Waals surface area contributed by atoms with Crippen molar-refractivity contribution in [3.63, 3.8) is 0 Å². The van der Waals surface area contributed by atoms with E-state index in [-0.39, 0.29) is 19.0 Å². The molecule has 2 rings (SSSR count). The second-order valence-corrected chi connectivity index (χ2v) is 6.74. The highest BCUT2D eigenvalue weighted by atomic mass is 35.5. The second kappa shape index (κ2) is 8.37. The molecule has 0 bridgehead atoms. The topological polar surface area (TPSA) is 58.6 Å². The maximum atomic E-state index is 12.8. The predicted octanol–water partition coefficient (Wildman–Crippen LogP) is 4.35. The van der Waals surface area contributed by atoms with Gasteiger partial charge in [0.25, 0.3) is 0 Å². The van der Waals surface area contributed by atoms with E-state index in [1.54, 1.807) is 24.3 Å². The number of halogens is 1. The standard InChI is InChI=1S/C20H24ClNO3/c1-4-14-5-8-16(13-18(14)21)22-20(2,3)19(24)15-6-9-17(10-7-15)25-12-11-23/h5-10,13,22-23H,4,11-12H2,1-3H3. The molecular weight excluding hydrogens is 338 g/mol. The van der Waals surface area contributed by atoms with Crippen LogP contribution in [-0.4, -0.2) is 29.6 Å². The summed E-state index contributed by atoms with van der Waals surface area (Å²) in [5.74, 6) is 0.593. The molecule has 0 spiro atoms. The Balaban J connectivity index is 2.12. The average molecular weight is 362 g/mol. The summed E-state index contributed by atoms with van der Waals surface area (Å²) in [7, 11) is 0. The first kappa shape index (κ1) is 19.3. The number of ether oxygens (including phenoxy) is 1. The largest absolute Gasteiger partial charge is 0.491 e. The van der Waals surface area contributed by atoms with Gasteiger partial charge in [0.2, 0.25) is 0 Å². The summed E-state index contributed by atoms with van der Waals surface area (Å²) >= 11 is 6.26. The van der Waals surface area contributed by atoms with Crippen molar-refractivity contribution in [3.8, 4) is 5.75 Å². The number of aliphatic hydroxyl groups excluding tert-OH is 1. The summed E-state index contributed by atoms with van der Waals surface area (Å²) in [4.78, 5) is 12.8. The second-order valence-electron chi connectivity index (χ2n) is 6.34. The fraction of sp³-hybridized carbons (Fsp3) is 0.350. The number of aryl methyl sites for hydroxylation is 1. The molecule has 0 aliphatic heterocycles. The first-order valence-electron chi connectivity index (χ1n) is 8.32. The number of benzene rings is 2. The Labute approximate surface area is 153 Å². The molecule has 2 aromatic rings. The van der Waals surface area contributed by atoms with Gasteiger partial charge in [-0.05, 0) is 62.2 Å². The lowest BCUT2D eigenvalue weighted by Crippen LogP contribution is -2.40. The van der Waals surface area contributed by atoms with Crippen LogP contribution in [0.2, 0.25) is 5.02 Å². The van der Waals surface area contributed by atoms with Gasteiger partial charge in [0.15, 0.2) is 5.78 Å². The zero-order chi connectivity index (χ0) is 18.4. The summed E-state index contributed by atoms with van der Waals surface area (Å²) in [6, 6.07) is 12.7. The Morgan fingerprint density at radius 3 is 2.44 bits per heavy atom. The molecule has 5 heteroatoms. The van der Waals surface area contributed by atoms with Crippen LogP contribution in [0.25, 0.3) is 0 Å². The first-order valence-corrected chi connectivity index (χ1v) is 8.70. The molecule has 0 aliphatic rings. The molecule has 0 aromatic heterocycles. The van der Waals surface area contributed by atoms with Gasteiger partial charge in [0.1, 0.15) is 12.4 Å². The van der Waals surface area contributed by atoms with E-state index in [9.17, 15) is 4.79 Å². The molecule has 0 radical (unpaired) electrons. The summed E-state index contributed by atoms with van der Waals surface area (Å²) in [6.07, 6.45) is 0.867. The van der Waals surface area contributed by atoms with Gasteiger partial charge in [-0.1, -0.05) is 24.6 Å². The molecule has 134 valence electrons. The lowest BCUT2D eigenvalue weighted by atomic mass is 9.92. The number of hydrogen-bond donors (Lipinski definition) is 2. The van der Waals surface area contributed by atoms with Crippen LogP contribution in [0.15, 0.2) is 42.5 Å². The average Bonchev–Trinajstić information content (AvgIpc) is 2.59. The van der Waals surface area contributed by atoms with Crippen LogP contribution in [0.4, 0.5) is 5.69 Å². The van der Waals surface area contributed by atoms with Crippen molar-refractivity contribution in [2.75, 3.05) is 18.5 Å². The van der Waals surface area contributed by atoms with Gasteiger partial charge in [-0.15, -0.1) is 0 Å². The zero-order valence-corrected chi connectivity index (χ0v) is 15.6. The van der Waals surface area contributed by atoms with Crippen LogP contribution >= 0.6 is 11.6 Å². The Morgan fingerprint density at radius 2 is 1.88 bits per heavy atom. The number of nitrogens with one attached hydrogen (secondary N) is 1. The van der Waals surface area contributed by atoms with E-state index in [0.717, 1.165) is 17.7 Å². The van der Waals surface area contributed by atoms with Gasteiger partial charge in [-0.3, -0.25) is 4.79 Å². The molecule has 0 saturated heterocycles. The number of hydrogen-bond acceptors (Lipinski definition) is 4. The van der Waals surface area contributed by atoms with Crippen molar-refractivity contribution in [1.29, 1.82) is 0 Å². The third kappa shape index (κ3) is 4.97. The molecule has 0 heterocycles. The molecule has 2 N–H and O–H groups in total. The minimum atomic E-state index is -0.787. The van der Waals surface area contributed by atoms with Gasteiger partial charge < -0.3 is 15.2 Å². The van der Waals surface area contributed by atoms with Crippen molar-refractivity contribution in [1.82, 2.24) is 0 Å². The fourth-order valence-electron chi connectivity index (χ4n) is 2.56. The van der Waals surface area contributed by atoms with E-state index in [4.69, 9.17) is 21.4 Å². The van der Waals surface area contributed by atoms with Gasteiger partial charge >= 0.3 is 0 Å². The number of carbonyl (C=O) groups is 1. The minimum Gasteiger partial charge on any atom is -0.491 e. The zero-order valence-electron chi connectivity index (χ0n) is 14.8. The highest BCUT2D eigenvalue weighted by Gasteiger charge is 2.28. The molecule has 0 unspecified atom stereocenters. The molecule has 0 saturated carbocycles. The Morgan fingerprint density at radius 1 is 1.20 bits per heavy atom. The molecule has 0 amide bonds. The van der Waals surface area contributed by atoms with Gasteiger partial charge in [0.05, 0.1) is 12.1 Å². The highest BCUT2D eigenvalue weighted by molar-refractivity contribution is 6.31. The lowest BCUT2D eigenvalue weighted by Gasteiger charge is -2.26. The Hall–Kier alpha value is -2.04. The van der Waals surface area contributed by atoms with Crippen LogP contribution in [0.1, 0.15) is 36.7 Å². The fourth-order valence-corrected chi connectivity index (χ4v) is 2.87. The van der Waals surface area contributed by atoms with Gasteiger partial charge in [-0.2, -0.15) is 0 Å². The van der Waals surface area contributed by atoms with Gasteiger partial charge in [0, 0.05) is 16.3 Å². The number of aliphatic hydroxyl groups is 1. The van der Waals surface area contributed by atoms with E-state index in [1.807, 2.05) is 32.0 Å². The summed E-state index contributed by atoms with van der Waals surface area (Å²) in [6.45, 7) is 5.92. The maximum absolute atomic E-state index is 12.8. The van der Waals surface area contributed by atoms with E-state index >= 15 is 0 Å². The summed E-state index contributed by atoms with van der Waals surface area (Å²) < 4.78 is 5.31. The predicted molar refractivity (Wildman–Crippen MR) is 102 cm³/mol. The maximum Gasteiger partial charge on any atom is 0.187 e. The van der Waals surface area contributed by atoms with Crippen LogP contribution in [0.5, 0.6) is 5.75 Å². The van der Waals surface area contributed by atoms with Gasteiger partial charge in [-0.25, -0.2) is 0 Å². The smallest absolute Gasteiger partial charge is 0.187 e. The van der Waals surface area contributed by atoms with E-state index in [1.165, 1.54) is 0 Å². The van der Waals surface area contributed by atoms with Crippen LogP contribution in [0.3, 0.4) is 0 Å². The molecule has 0 atom stereocenters. The lowest BCUT2D eigenvalue weighted by molar-refractivity contribution is 0.0927. The summed E-state index contributed by atoms with van der Waals surface area (Å²) in [5.41, 5.74) is 1.69. The number of carbonyl (C=O) groups excluding carboxylic acids is 1. The first-order chi connectivity index (χ1) is 11.9. The molecule has 4 nitrogen and oxygen atoms in total. The van der Waals surface area contributed by atoms with Crippen LogP contribution < -0.4 is 10.1 Å². The van der Waals surface area contributed by atoms with Crippen molar-refractivity contribution in [2.24, 2.45) is 0 Å². The highest BCUT2D eigenvalue weighted by Crippen LogP contribution is 2.26. The van der Waals surface area contributed by atoms with Crippen molar-refractivity contribution >= 4 is 23.1 Å². The van der Waals surface area contributed by atoms with Crippen LogP contribution in [-0.2, 0) is 6.42 Å². The van der Waals surface area contributed by atoms with Crippen molar-refractivity contribution in [2.45, 2.75) is 32.7 Å². The molecule has 25 heavy (non-hydrogen) atoms. The van der Waals surface area contributed by atoms with Crippen LogP contribution in [0, 0.1) is 0 Å². The Kier molecular flexibility index (Phi) is 6.45. The molecule has 0 fully saturated rings. The monoisotopic (exact) mass is 361 g/mol. The van der Waals surface area contributed by atoms with E-state index < -0.39 is 5.54 Å². The normalized spacial score (nSPS) is 11.2. The number of Topliss-reactive ketones (excluding diaryl/α,β-unsaturated/α-hetero) is 1.